The molecular formula is C28H35N3O2. The fourth-order valence-corrected chi connectivity index (χ4v) is 5.59. The number of rotatable bonds is 5. The molecule has 0 spiro atoms. The Morgan fingerprint density at radius 3 is 2.36 bits per heavy atom. The van der Waals surface area contributed by atoms with E-state index >= 15 is 0 Å². The van der Waals surface area contributed by atoms with Gasteiger partial charge in [0.15, 0.2) is 0 Å². The molecule has 0 aromatic heterocycles. The van der Waals surface area contributed by atoms with Crippen molar-refractivity contribution in [2.45, 2.75) is 51.5 Å². The lowest BCUT2D eigenvalue weighted by molar-refractivity contribution is 0.0712. The zero-order chi connectivity index (χ0) is 22.8. The first-order valence-electron chi connectivity index (χ1n) is 12.7. The summed E-state index contributed by atoms with van der Waals surface area (Å²) in [6.45, 7) is 7.77. The van der Waals surface area contributed by atoms with Crippen molar-refractivity contribution in [2.24, 2.45) is 0 Å². The topological polar surface area (TPSA) is 43.9 Å². The molecule has 2 aromatic carbocycles. The predicted octanol–water partition coefficient (Wildman–Crippen LogP) is 4.46. The minimum absolute atomic E-state index is 0.140. The maximum Gasteiger partial charge on any atom is 0.254 e. The van der Waals surface area contributed by atoms with Crippen LogP contribution in [0.2, 0.25) is 0 Å². The first-order valence-corrected chi connectivity index (χ1v) is 12.7. The fraction of sp³-hybridized carbons (Fsp3) is 0.500. The third-order valence-electron chi connectivity index (χ3n) is 7.73. The van der Waals surface area contributed by atoms with Gasteiger partial charge in [0.25, 0.3) is 11.8 Å². The first kappa shape index (κ1) is 22.1. The summed E-state index contributed by atoms with van der Waals surface area (Å²) in [6, 6.07) is 14.8. The van der Waals surface area contributed by atoms with Crippen LogP contribution in [-0.4, -0.2) is 71.8 Å². The van der Waals surface area contributed by atoms with E-state index in [-0.39, 0.29) is 11.8 Å². The third kappa shape index (κ3) is 4.70. The highest BCUT2D eigenvalue weighted by molar-refractivity contribution is 5.97. The fourth-order valence-electron chi connectivity index (χ4n) is 5.59. The van der Waals surface area contributed by atoms with Gasteiger partial charge in [-0.3, -0.25) is 14.5 Å². The van der Waals surface area contributed by atoms with Crippen LogP contribution in [0.25, 0.3) is 11.1 Å². The quantitative estimate of drug-likeness (QED) is 0.682. The van der Waals surface area contributed by atoms with Gasteiger partial charge < -0.3 is 9.80 Å². The average Bonchev–Trinajstić information content (AvgIpc) is 3.28. The van der Waals surface area contributed by atoms with Gasteiger partial charge >= 0.3 is 0 Å². The molecule has 3 heterocycles. The first-order chi connectivity index (χ1) is 16.1. The lowest BCUT2D eigenvalue weighted by atomic mass is 9.93. The molecule has 5 nitrogen and oxygen atoms in total. The summed E-state index contributed by atoms with van der Waals surface area (Å²) < 4.78 is 0. The normalized spacial score (nSPS) is 21.4. The van der Waals surface area contributed by atoms with Crippen LogP contribution in [0.15, 0.2) is 42.5 Å². The molecule has 2 saturated heterocycles. The van der Waals surface area contributed by atoms with Gasteiger partial charge in [0, 0.05) is 49.9 Å². The summed E-state index contributed by atoms with van der Waals surface area (Å²) in [5.41, 5.74) is 4.94. The molecule has 3 aliphatic heterocycles. The zero-order valence-electron chi connectivity index (χ0n) is 19.8. The molecule has 5 rings (SSSR count). The molecule has 0 bridgehead atoms. The Morgan fingerprint density at radius 1 is 0.879 bits per heavy atom. The van der Waals surface area contributed by atoms with Gasteiger partial charge in [0.1, 0.15) is 0 Å². The van der Waals surface area contributed by atoms with E-state index in [1.54, 1.807) is 0 Å². The van der Waals surface area contributed by atoms with E-state index in [0.29, 0.717) is 6.04 Å². The van der Waals surface area contributed by atoms with Gasteiger partial charge in [-0.2, -0.15) is 0 Å². The maximum atomic E-state index is 13.1. The number of likely N-dealkylation sites (tertiary alicyclic amines) is 2. The number of amides is 2. The Kier molecular flexibility index (Phi) is 6.50. The number of carbonyl (C=O) groups excluding carboxylic acids is 2. The number of hydrogen-bond donors (Lipinski definition) is 0. The van der Waals surface area contributed by atoms with Crippen molar-refractivity contribution < 1.29 is 9.59 Å². The Bertz CT molecular complexity index is 1010. The lowest BCUT2D eigenvalue weighted by Gasteiger charge is -2.31. The molecule has 0 unspecified atom stereocenters. The monoisotopic (exact) mass is 445 g/mol. The van der Waals surface area contributed by atoms with Gasteiger partial charge in [-0.15, -0.1) is 0 Å². The Balaban J connectivity index is 1.25. The van der Waals surface area contributed by atoms with Gasteiger partial charge in [0.05, 0.1) is 0 Å². The molecule has 2 amide bonds. The second kappa shape index (κ2) is 9.68. The molecule has 1 atom stereocenters. The molecule has 0 radical (unpaired) electrons. The average molecular weight is 446 g/mol. The van der Waals surface area contributed by atoms with Crippen molar-refractivity contribution in [1.82, 2.24) is 14.7 Å². The molecule has 0 saturated carbocycles. The molecular weight excluding hydrogens is 410 g/mol. The highest BCUT2D eigenvalue weighted by Gasteiger charge is 2.27. The SMILES string of the molecule is C[C@@H]1CCCN1CCN1CCc2cc(-c3ccc(C(=O)N4CCCCC4)cc3)ccc2C1=O. The number of fused-ring (bicyclic) bond motifs is 1. The number of hydrogen-bond acceptors (Lipinski definition) is 3. The molecule has 174 valence electrons. The van der Waals surface area contributed by atoms with E-state index in [4.69, 9.17) is 0 Å². The van der Waals surface area contributed by atoms with Crippen LogP contribution in [0.5, 0.6) is 0 Å². The molecule has 0 aliphatic carbocycles. The smallest absolute Gasteiger partial charge is 0.254 e. The summed E-state index contributed by atoms with van der Waals surface area (Å²) in [4.78, 5) is 32.3. The third-order valence-corrected chi connectivity index (χ3v) is 7.73. The van der Waals surface area contributed by atoms with Crippen molar-refractivity contribution in [3.8, 4) is 11.1 Å². The molecule has 3 aliphatic rings. The van der Waals surface area contributed by atoms with Crippen LogP contribution < -0.4 is 0 Å². The van der Waals surface area contributed by atoms with E-state index in [1.807, 2.05) is 46.2 Å². The van der Waals surface area contributed by atoms with E-state index in [2.05, 4.69) is 17.9 Å². The van der Waals surface area contributed by atoms with Crippen molar-refractivity contribution in [1.29, 1.82) is 0 Å². The lowest BCUT2D eigenvalue weighted by Crippen LogP contribution is -2.43. The molecule has 33 heavy (non-hydrogen) atoms. The highest BCUT2D eigenvalue weighted by Crippen LogP contribution is 2.27. The molecule has 2 aromatic rings. The van der Waals surface area contributed by atoms with Crippen LogP contribution in [0, 0.1) is 0 Å². The van der Waals surface area contributed by atoms with E-state index < -0.39 is 0 Å². The second-order valence-corrected chi connectivity index (χ2v) is 9.87. The minimum atomic E-state index is 0.140. The number of benzene rings is 2. The maximum absolute atomic E-state index is 13.1. The van der Waals surface area contributed by atoms with Crippen molar-refractivity contribution in [3.05, 3.63) is 59.2 Å². The van der Waals surface area contributed by atoms with E-state index in [1.165, 1.54) is 19.3 Å². The summed E-state index contributed by atoms with van der Waals surface area (Å²) in [5, 5.41) is 0. The predicted molar refractivity (Wildman–Crippen MR) is 132 cm³/mol. The van der Waals surface area contributed by atoms with Gasteiger partial charge in [-0.1, -0.05) is 24.3 Å². The zero-order valence-corrected chi connectivity index (χ0v) is 19.8. The standard InChI is InChI=1S/C28H35N3O2/c1-21-6-5-16-29(21)18-19-31-17-13-25-20-24(11-12-26(25)28(31)33)22-7-9-23(10-8-22)27(32)30-14-3-2-4-15-30/h7-12,20-21H,2-6,13-19H2,1H3/t21-/m1/s1. The second-order valence-electron chi connectivity index (χ2n) is 9.87. The summed E-state index contributed by atoms with van der Waals surface area (Å²) in [5.74, 6) is 0.304. The van der Waals surface area contributed by atoms with Crippen LogP contribution in [0.4, 0.5) is 0 Å². The van der Waals surface area contributed by atoms with Crippen LogP contribution in [-0.2, 0) is 6.42 Å². The Morgan fingerprint density at radius 2 is 1.64 bits per heavy atom. The Hall–Kier alpha value is -2.66. The Labute approximate surface area is 197 Å². The molecule has 2 fully saturated rings. The summed E-state index contributed by atoms with van der Waals surface area (Å²) in [7, 11) is 0. The number of piperidine rings is 1. The number of carbonyl (C=O) groups is 2. The highest BCUT2D eigenvalue weighted by atomic mass is 16.2. The van der Waals surface area contributed by atoms with Gasteiger partial charge in [-0.05, 0) is 86.9 Å². The summed E-state index contributed by atoms with van der Waals surface area (Å²) >= 11 is 0. The van der Waals surface area contributed by atoms with Gasteiger partial charge in [-0.25, -0.2) is 0 Å². The van der Waals surface area contributed by atoms with Crippen molar-refractivity contribution >= 4 is 11.8 Å². The van der Waals surface area contributed by atoms with Crippen LogP contribution >= 0.6 is 0 Å². The van der Waals surface area contributed by atoms with Crippen molar-refractivity contribution in [2.75, 3.05) is 39.3 Å². The van der Waals surface area contributed by atoms with Gasteiger partial charge in [0.2, 0.25) is 0 Å². The van der Waals surface area contributed by atoms with E-state index in [0.717, 1.165) is 86.3 Å². The van der Waals surface area contributed by atoms with Crippen LogP contribution in [0.3, 0.4) is 0 Å². The summed E-state index contributed by atoms with van der Waals surface area (Å²) in [6.07, 6.45) is 6.87. The number of nitrogens with zero attached hydrogens (tertiary/aromatic N) is 3. The molecule has 5 heteroatoms. The molecule has 0 N–H and O–H groups in total. The van der Waals surface area contributed by atoms with E-state index in [9.17, 15) is 9.59 Å². The minimum Gasteiger partial charge on any atom is -0.339 e. The largest absolute Gasteiger partial charge is 0.339 e. The van der Waals surface area contributed by atoms with Crippen molar-refractivity contribution in [3.63, 3.8) is 0 Å². The van der Waals surface area contributed by atoms with Crippen LogP contribution in [0.1, 0.15) is 65.3 Å².